The van der Waals surface area contributed by atoms with E-state index in [0.717, 1.165) is 0 Å². The van der Waals surface area contributed by atoms with E-state index >= 15 is 0 Å². The molecule has 4 heteroatoms. The van der Waals surface area contributed by atoms with Crippen LogP contribution in [0.2, 0.25) is 0 Å². The van der Waals surface area contributed by atoms with E-state index in [-0.39, 0.29) is 5.97 Å². The Morgan fingerprint density at radius 1 is 1.64 bits per heavy atom. The van der Waals surface area contributed by atoms with Crippen LogP contribution >= 0.6 is 11.3 Å². The third-order valence-electron chi connectivity index (χ3n) is 2.06. The van der Waals surface area contributed by atoms with Gasteiger partial charge in [-0.1, -0.05) is 0 Å². The van der Waals surface area contributed by atoms with Crippen LogP contribution in [0.5, 0.6) is 0 Å². The van der Waals surface area contributed by atoms with Crippen LogP contribution in [-0.2, 0) is 9.53 Å². The Balaban J connectivity index is 2.47. The average Bonchev–Trinajstić information content (AvgIpc) is 2.60. The van der Waals surface area contributed by atoms with Crippen LogP contribution in [0.15, 0.2) is 11.4 Å². The zero-order valence-corrected chi connectivity index (χ0v) is 9.56. The van der Waals surface area contributed by atoms with Gasteiger partial charge < -0.3 is 9.64 Å². The molecule has 0 saturated carbocycles. The normalized spacial score (nSPS) is 9.93. The van der Waals surface area contributed by atoms with Gasteiger partial charge in [0.15, 0.2) is 0 Å². The predicted octanol–water partition coefficient (Wildman–Crippen LogP) is 2.06. The van der Waals surface area contributed by atoms with Crippen LogP contribution in [0.4, 0.5) is 5.00 Å². The lowest BCUT2D eigenvalue weighted by atomic mass is 10.3. The molecule has 0 atom stereocenters. The molecule has 0 aromatic carbocycles. The fourth-order valence-corrected chi connectivity index (χ4v) is 2.14. The van der Waals surface area contributed by atoms with Gasteiger partial charge in [-0.15, -0.1) is 11.3 Å². The van der Waals surface area contributed by atoms with Crippen molar-refractivity contribution in [2.75, 3.05) is 25.6 Å². The summed E-state index contributed by atoms with van der Waals surface area (Å²) < 4.78 is 4.59. The summed E-state index contributed by atoms with van der Waals surface area (Å²) in [6, 6.07) is 2.08. The predicted molar refractivity (Wildman–Crippen MR) is 59.0 cm³/mol. The number of carbonyl (C=O) groups excluding carboxylic acids is 1. The first-order valence-corrected chi connectivity index (χ1v) is 5.35. The number of anilines is 1. The van der Waals surface area contributed by atoms with Gasteiger partial charge in [-0.25, -0.2) is 0 Å². The Kier molecular flexibility index (Phi) is 3.95. The number of thiophene rings is 1. The molecule has 0 bridgehead atoms. The monoisotopic (exact) mass is 213 g/mol. The Bertz CT molecular complexity index is 309. The number of methoxy groups -OCH3 is 1. The first-order valence-electron chi connectivity index (χ1n) is 4.47. The van der Waals surface area contributed by atoms with Crippen LogP contribution in [0, 0.1) is 6.92 Å². The second-order valence-electron chi connectivity index (χ2n) is 3.16. The summed E-state index contributed by atoms with van der Waals surface area (Å²) in [4.78, 5) is 13.0. The summed E-state index contributed by atoms with van der Waals surface area (Å²) in [6.45, 7) is 2.77. The number of nitrogens with zero attached hydrogens (tertiary/aromatic N) is 1. The third-order valence-corrected chi connectivity index (χ3v) is 3.19. The molecule has 1 heterocycles. The maximum Gasteiger partial charge on any atom is 0.307 e. The molecule has 78 valence electrons. The minimum absolute atomic E-state index is 0.161. The van der Waals surface area contributed by atoms with Gasteiger partial charge in [0, 0.05) is 13.6 Å². The van der Waals surface area contributed by atoms with Gasteiger partial charge >= 0.3 is 5.97 Å². The molecule has 0 fully saturated rings. The molecule has 0 radical (unpaired) electrons. The molecule has 14 heavy (non-hydrogen) atoms. The van der Waals surface area contributed by atoms with Crippen molar-refractivity contribution in [2.45, 2.75) is 13.3 Å². The van der Waals surface area contributed by atoms with Crippen molar-refractivity contribution in [3.05, 3.63) is 17.0 Å². The van der Waals surface area contributed by atoms with E-state index in [2.05, 4.69) is 28.0 Å². The van der Waals surface area contributed by atoms with Gasteiger partial charge in [-0.05, 0) is 23.9 Å². The molecule has 0 spiro atoms. The van der Waals surface area contributed by atoms with E-state index in [1.54, 1.807) is 11.3 Å². The van der Waals surface area contributed by atoms with Crippen molar-refractivity contribution >= 4 is 22.3 Å². The van der Waals surface area contributed by atoms with Crippen LogP contribution in [-0.4, -0.2) is 26.7 Å². The van der Waals surface area contributed by atoms with E-state index in [4.69, 9.17) is 0 Å². The molecule has 0 N–H and O–H groups in total. The van der Waals surface area contributed by atoms with E-state index < -0.39 is 0 Å². The molecule has 0 unspecified atom stereocenters. The standard InChI is InChI=1S/C10H15NO2S/c1-8-5-7-14-10(8)11(2)6-4-9(12)13-3/h5,7H,4,6H2,1-3H3. The Hall–Kier alpha value is -1.03. The number of ether oxygens (including phenoxy) is 1. The highest BCUT2D eigenvalue weighted by molar-refractivity contribution is 7.14. The highest BCUT2D eigenvalue weighted by Crippen LogP contribution is 2.25. The molecular weight excluding hydrogens is 198 g/mol. The van der Waals surface area contributed by atoms with Crippen molar-refractivity contribution in [2.24, 2.45) is 0 Å². The van der Waals surface area contributed by atoms with E-state index in [9.17, 15) is 4.79 Å². The highest BCUT2D eigenvalue weighted by Gasteiger charge is 2.08. The van der Waals surface area contributed by atoms with Crippen molar-refractivity contribution in [1.29, 1.82) is 0 Å². The number of aryl methyl sites for hydroxylation is 1. The quantitative estimate of drug-likeness (QED) is 0.717. The number of carbonyl (C=O) groups is 1. The van der Waals surface area contributed by atoms with Crippen LogP contribution in [0.1, 0.15) is 12.0 Å². The van der Waals surface area contributed by atoms with E-state index in [1.807, 2.05) is 7.05 Å². The second kappa shape index (κ2) is 5.00. The molecule has 0 aliphatic rings. The molecule has 3 nitrogen and oxygen atoms in total. The largest absolute Gasteiger partial charge is 0.469 e. The van der Waals surface area contributed by atoms with Crippen LogP contribution in [0.25, 0.3) is 0 Å². The number of hydrogen-bond acceptors (Lipinski definition) is 4. The number of rotatable bonds is 4. The highest BCUT2D eigenvalue weighted by atomic mass is 32.1. The first kappa shape index (κ1) is 11.0. The number of esters is 1. The maximum absolute atomic E-state index is 10.9. The molecule has 0 saturated heterocycles. The van der Waals surface area contributed by atoms with Gasteiger partial charge in [0.1, 0.15) is 0 Å². The van der Waals surface area contributed by atoms with Crippen molar-refractivity contribution in [3.8, 4) is 0 Å². The zero-order valence-electron chi connectivity index (χ0n) is 8.74. The van der Waals surface area contributed by atoms with E-state index in [0.29, 0.717) is 13.0 Å². The molecular formula is C10H15NO2S. The van der Waals surface area contributed by atoms with Gasteiger partial charge in [-0.2, -0.15) is 0 Å². The van der Waals surface area contributed by atoms with E-state index in [1.165, 1.54) is 17.7 Å². The van der Waals surface area contributed by atoms with Gasteiger partial charge in [0.05, 0.1) is 18.5 Å². The van der Waals surface area contributed by atoms with Crippen molar-refractivity contribution in [3.63, 3.8) is 0 Å². The smallest absolute Gasteiger partial charge is 0.307 e. The van der Waals surface area contributed by atoms with Crippen LogP contribution < -0.4 is 4.90 Å². The lowest BCUT2D eigenvalue weighted by Crippen LogP contribution is -2.21. The molecule has 0 amide bonds. The van der Waals surface area contributed by atoms with Crippen molar-refractivity contribution < 1.29 is 9.53 Å². The van der Waals surface area contributed by atoms with Crippen LogP contribution in [0.3, 0.4) is 0 Å². The Morgan fingerprint density at radius 3 is 2.86 bits per heavy atom. The molecule has 0 aliphatic carbocycles. The lowest BCUT2D eigenvalue weighted by Gasteiger charge is -2.17. The third kappa shape index (κ3) is 2.73. The SMILES string of the molecule is COC(=O)CCN(C)c1sccc1C. The lowest BCUT2D eigenvalue weighted by molar-refractivity contribution is -0.140. The van der Waals surface area contributed by atoms with Crippen molar-refractivity contribution in [1.82, 2.24) is 0 Å². The second-order valence-corrected chi connectivity index (χ2v) is 4.05. The maximum atomic E-state index is 10.9. The minimum atomic E-state index is -0.161. The van der Waals surface area contributed by atoms with Gasteiger partial charge in [0.25, 0.3) is 0 Å². The first-order chi connectivity index (χ1) is 6.65. The Labute approximate surface area is 88.3 Å². The summed E-state index contributed by atoms with van der Waals surface area (Å²) in [5, 5.41) is 3.27. The average molecular weight is 213 g/mol. The fraction of sp³-hybridized carbons (Fsp3) is 0.500. The molecule has 1 aromatic heterocycles. The zero-order chi connectivity index (χ0) is 10.6. The molecule has 1 rings (SSSR count). The topological polar surface area (TPSA) is 29.5 Å². The summed E-state index contributed by atoms with van der Waals surface area (Å²) >= 11 is 1.69. The fourth-order valence-electron chi connectivity index (χ4n) is 1.22. The number of hydrogen-bond donors (Lipinski definition) is 0. The molecule has 1 aromatic rings. The summed E-state index contributed by atoms with van der Waals surface area (Å²) in [7, 11) is 3.40. The summed E-state index contributed by atoms with van der Waals surface area (Å²) in [6.07, 6.45) is 0.435. The minimum Gasteiger partial charge on any atom is -0.469 e. The Morgan fingerprint density at radius 2 is 2.36 bits per heavy atom. The summed E-state index contributed by atoms with van der Waals surface area (Å²) in [5.41, 5.74) is 1.25. The summed E-state index contributed by atoms with van der Waals surface area (Å²) in [5.74, 6) is -0.161. The molecule has 0 aliphatic heterocycles. The van der Waals surface area contributed by atoms with Gasteiger partial charge in [-0.3, -0.25) is 4.79 Å². The van der Waals surface area contributed by atoms with Gasteiger partial charge in [0.2, 0.25) is 0 Å².